The maximum absolute atomic E-state index is 12.0. The van der Waals surface area contributed by atoms with Crippen molar-refractivity contribution in [2.45, 2.75) is 13.0 Å². The van der Waals surface area contributed by atoms with Crippen molar-refractivity contribution in [3.05, 3.63) is 60.2 Å². The van der Waals surface area contributed by atoms with Crippen molar-refractivity contribution in [2.24, 2.45) is 0 Å². The first-order valence-electron chi connectivity index (χ1n) is 7.75. The van der Waals surface area contributed by atoms with Crippen LogP contribution in [0.3, 0.4) is 0 Å². The van der Waals surface area contributed by atoms with Gasteiger partial charge in [-0.25, -0.2) is 0 Å². The molecule has 1 aromatic heterocycles. The molecule has 0 aliphatic carbocycles. The number of nitrogens with one attached hydrogen (secondary N) is 1. The predicted octanol–water partition coefficient (Wildman–Crippen LogP) is 3.66. The third-order valence-electron chi connectivity index (χ3n) is 3.65. The average molecular weight is 439 g/mol. The number of nitro groups is 1. The van der Waals surface area contributed by atoms with E-state index in [1.54, 1.807) is 11.3 Å². The van der Waals surface area contributed by atoms with Gasteiger partial charge >= 0.3 is 0 Å². The summed E-state index contributed by atoms with van der Waals surface area (Å²) in [5, 5.41) is 13.9. The Morgan fingerprint density at radius 1 is 1.42 bits per heavy atom. The first-order valence-corrected chi connectivity index (χ1v) is 9.36. The van der Waals surface area contributed by atoms with Crippen molar-refractivity contribution in [1.82, 2.24) is 5.32 Å². The van der Waals surface area contributed by atoms with E-state index in [4.69, 9.17) is 9.47 Å². The number of hydrogen-bond donors (Lipinski definition) is 1. The summed E-state index contributed by atoms with van der Waals surface area (Å²) in [5.41, 5.74) is 1.00. The number of benzene rings is 1. The van der Waals surface area contributed by atoms with Crippen molar-refractivity contribution >= 4 is 44.9 Å². The quantitative estimate of drug-likeness (QED) is 0.422. The van der Waals surface area contributed by atoms with Crippen LogP contribution in [0, 0.1) is 10.1 Å². The van der Waals surface area contributed by atoms with Gasteiger partial charge in [0, 0.05) is 40.8 Å². The molecule has 3 rings (SSSR count). The normalized spacial score (nSPS) is 13.3. The van der Waals surface area contributed by atoms with Crippen LogP contribution in [0.15, 0.2) is 34.1 Å². The Morgan fingerprint density at radius 3 is 3.00 bits per heavy atom. The number of ether oxygens (including phenoxy) is 2. The van der Waals surface area contributed by atoms with Crippen molar-refractivity contribution in [3.63, 3.8) is 0 Å². The second kappa shape index (κ2) is 8.43. The summed E-state index contributed by atoms with van der Waals surface area (Å²) in [5.74, 6) is 0.238. The molecule has 0 spiro atoms. The third-order valence-corrected chi connectivity index (χ3v) is 5.33. The van der Waals surface area contributed by atoms with Gasteiger partial charge in [0.1, 0.15) is 5.75 Å². The van der Waals surface area contributed by atoms with E-state index in [2.05, 4.69) is 21.2 Å². The molecular weight excluding hydrogens is 424 g/mol. The molecule has 9 heteroatoms. The maximum atomic E-state index is 12.0. The number of carbonyl (C=O) groups is 1. The summed E-state index contributed by atoms with van der Waals surface area (Å²) in [7, 11) is 0. The van der Waals surface area contributed by atoms with Gasteiger partial charge in [0.05, 0.1) is 15.3 Å². The van der Waals surface area contributed by atoms with Crippen molar-refractivity contribution in [2.75, 3.05) is 13.3 Å². The zero-order valence-corrected chi connectivity index (χ0v) is 16.0. The molecule has 0 saturated carbocycles. The van der Waals surface area contributed by atoms with E-state index in [1.807, 2.05) is 12.1 Å². The van der Waals surface area contributed by atoms with Crippen LogP contribution in [0.25, 0.3) is 6.08 Å². The minimum Gasteiger partial charge on any atom is -0.467 e. The Balaban J connectivity index is 1.66. The number of rotatable bonds is 6. The standard InChI is InChI=1S/C17H15BrN2O5S/c18-15-3-2-14(26-15)5-6-19-16(21)4-1-11-7-13(20(22)23)8-12-9-24-10-25-17(11)12/h1-4,7-8H,5-6,9-10H2,(H,19,21)/b4-1+. The molecule has 1 aliphatic rings. The monoisotopic (exact) mass is 438 g/mol. The Kier molecular flexibility index (Phi) is 6.02. The molecule has 0 unspecified atom stereocenters. The lowest BCUT2D eigenvalue weighted by Crippen LogP contribution is -2.23. The number of halogens is 1. The molecule has 1 N–H and O–H groups in total. The van der Waals surface area contributed by atoms with E-state index in [-0.39, 0.29) is 25.0 Å². The van der Waals surface area contributed by atoms with Crippen LogP contribution in [0.1, 0.15) is 16.0 Å². The highest BCUT2D eigenvalue weighted by Gasteiger charge is 2.19. The molecule has 0 bridgehead atoms. The van der Waals surface area contributed by atoms with E-state index in [9.17, 15) is 14.9 Å². The summed E-state index contributed by atoms with van der Waals surface area (Å²) in [4.78, 5) is 23.8. The lowest BCUT2D eigenvalue weighted by Gasteiger charge is -2.19. The largest absolute Gasteiger partial charge is 0.467 e. The smallest absolute Gasteiger partial charge is 0.270 e. The van der Waals surface area contributed by atoms with Gasteiger partial charge in [-0.3, -0.25) is 14.9 Å². The fourth-order valence-corrected chi connectivity index (χ4v) is 3.96. The molecule has 1 aliphatic heterocycles. The molecule has 0 fully saturated rings. The summed E-state index contributed by atoms with van der Waals surface area (Å²) in [6.07, 6.45) is 3.61. The second-order valence-corrected chi connectivity index (χ2v) is 8.02. The highest BCUT2D eigenvalue weighted by molar-refractivity contribution is 9.11. The van der Waals surface area contributed by atoms with Crippen molar-refractivity contribution < 1.29 is 19.2 Å². The van der Waals surface area contributed by atoms with Gasteiger partial charge in [0.15, 0.2) is 6.79 Å². The van der Waals surface area contributed by atoms with Crippen molar-refractivity contribution in [1.29, 1.82) is 0 Å². The molecule has 7 nitrogen and oxygen atoms in total. The molecule has 0 saturated heterocycles. The fraction of sp³-hybridized carbons (Fsp3) is 0.235. The van der Waals surface area contributed by atoms with Crippen LogP contribution in [-0.4, -0.2) is 24.2 Å². The van der Waals surface area contributed by atoms with E-state index in [0.717, 1.165) is 10.2 Å². The Labute approximate surface area is 161 Å². The van der Waals surface area contributed by atoms with E-state index in [1.165, 1.54) is 29.2 Å². The van der Waals surface area contributed by atoms with Crippen LogP contribution in [0.2, 0.25) is 0 Å². The first-order chi connectivity index (χ1) is 12.5. The number of nitrogens with zero attached hydrogens (tertiary/aromatic N) is 1. The number of thiophene rings is 1. The molecule has 1 aromatic carbocycles. The van der Waals surface area contributed by atoms with Gasteiger partial charge in [-0.1, -0.05) is 0 Å². The van der Waals surface area contributed by atoms with Crippen LogP contribution < -0.4 is 10.1 Å². The van der Waals surface area contributed by atoms with Gasteiger partial charge in [-0.05, 0) is 40.6 Å². The zero-order chi connectivity index (χ0) is 18.5. The topological polar surface area (TPSA) is 90.7 Å². The number of nitro benzene ring substituents is 1. The minimum absolute atomic E-state index is 0.0684. The minimum atomic E-state index is -0.481. The molecular formula is C17H15BrN2O5S. The first kappa shape index (κ1) is 18.6. The lowest BCUT2D eigenvalue weighted by molar-refractivity contribution is -0.385. The predicted molar refractivity (Wildman–Crippen MR) is 101 cm³/mol. The molecule has 0 atom stereocenters. The SMILES string of the molecule is O=C(/C=C/c1cc([N+](=O)[O-])cc2c1OCOC2)NCCc1ccc(Br)s1. The molecule has 136 valence electrons. The molecule has 1 amide bonds. The Morgan fingerprint density at radius 2 is 2.27 bits per heavy atom. The second-order valence-electron chi connectivity index (χ2n) is 5.47. The third kappa shape index (κ3) is 4.69. The van der Waals surface area contributed by atoms with E-state index >= 15 is 0 Å². The summed E-state index contributed by atoms with van der Waals surface area (Å²) < 4.78 is 11.6. The van der Waals surface area contributed by atoms with Gasteiger partial charge in [0.2, 0.25) is 5.91 Å². The van der Waals surface area contributed by atoms with Crippen LogP contribution >= 0.6 is 27.3 Å². The number of hydrogen-bond acceptors (Lipinski definition) is 6. The van der Waals surface area contributed by atoms with Gasteiger partial charge in [0.25, 0.3) is 5.69 Å². The number of carbonyl (C=O) groups excluding carboxylic acids is 1. The summed E-state index contributed by atoms with van der Waals surface area (Å²) >= 11 is 5.03. The van der Waals surface area contributed by atoms with Gasteiger partial charge < -0.3 is 14.8 Å². The van der Waals surface area contributed by atoms with E-state index in [0.29, 0.717) is 23.4 Å². The molecule has 2 heterocycles. The molecule has 0 radical (unpaired) electrons. The highest BCUT2D eigenvalue weighted by Crippen LogP contribution is 2.33. The van der Waals surface area contributed by atoms with Gasteiger partial charge in [-0.15, -0.1) is 11.3 Å². The Hall–Kier alpha value is -2.23. The van der Waals surface area contributed by atoms with Gasteiger partial charge in [-0.2, -0.15) is 0 Å². The Bertz CT molecular complexity index is 865. The summed E-state index contributed by atoms with van der Waals surface area (Å²) in [6, 6.07) is 6.78. The van der Waals surface area contributed by atoms with Crippen LogP contribution in [-0.2, 0) is 22.6 Å². The average Bonchev–Trinajstić information content (AvgIpc) is 3.04. The van der Waals surface area contributed by atoms with E-state index < -0.39 is 4.92 Å². The van der Waals surface area contributed by atoms with Crippen LogP contribution in [0.4, 0.5) is 5.69 Å². The van der Waals surface area contributed by atoms with Crippen molar-refractivity contribution in [3.8, 4) is 5.75 Å². The molecule has 26 heavy (non-hydrogen) atoms. The highest BCUT2D eigenvalue weighted by atomic mass is 79.9. The number of fused-ring (bicyclic) bond motifs is 1. The summed E-state index contributed by atoms with van der Waals surface area (Å²) in [6.45, 7) is 0.822. The zero-order valence-electron chi connectivity index (χ0n) is 13.6. The fourth-order valence-electron chi connectivity index (χ4n) is 2.48. The lowest BCUT2D eigenvalue weighted by atomic mass is 10.1. The maximum Gasteiger partial charge on any atom is 0.270 e. The number of amides is 1. The molecule has 2 aromatic rings. The number of non-ortho nitro benzene ring substituents is 1. The van der Waals surface area contributed by atoms with Crippen LogP contribution in [0.5, 0.6) is 5.75 Å².